The van der Waals surface area contributed by atoms with Crippen LogP contribution in [0.3, 0.4) is 0 Å². The molecule has 0 bridgehead atoms. The second-order valence-electron chi connectivity index (χ2n) is 13.8. The van der Waals surface area contributed by atoms with Crippen molar-refractivity contribution in [3.63, 3.8) is 0 Å². The van der Waals surface area contributed by atoms with Gasteiger partial charge in [-0.05, 0) is 110 Å². The number of fused-ring (bicyclic) bond motifs is 8. The normalized spacial score (nSPS) is 12.2. The van der Waals surface area contributed by atoms with Crippen LogP contribution < -0.4 is 0 Å². The predicted octanol–water partition coefficient (Wildman–Crippen LogP) is 13.2. The van der Waals surface area contributed by atoms with E-state index in [1.807, 2.05) is 0 Å². The first-order valence-electron chi connectivity index (χ1n) is 16.3. The van der Waals surface area contributed by atoms with Gasteiger partial charge in [0.25, 0.3) is 0 Å². The van der Waals surface area contributed by atoms with E-state index in [-0.39, 0.29) is 5.41 Å². The Kier molecular flexibility index (Phi) is 5.86. The van der Waals surface area contributed by atoms with Gasteiger partial charge in [0.05, 0.1) is 0 Å². The summed E-state index contributed by atoms with van der Waals surface area (Å²) >= 11 is 0. The second-order valence-corrected chi connectivity index (χ2v) is 13.8. The van der Waals surface area contributed by atoms with E-state index in [4.69, 9.17) is 0 Å². The van der Waals surface area contributed by atoms with Crippen molar-refractivity contribution in [3.8, 4) is 22.3 Å². The van der Waals surface area contributed by atoms with Gasteiger partial charge in [-0.15, -0.1) is 0 Å². The lowest BCUT2D eigenvalue weighted by molar-refractivity contribution is 0.591. The molecule has 0 aromatic heterocycles. The van der Waals surface area contributed by atoms with Crippen LogP contribution in [0, 0.1) is 0 Å². The fraction of sp³-hybridized carbons (Fsp3) is 0.0870. The summed E-state index contributed by atoms with van der Waals surface area (Å²) in [5.74, 6) is 0. The fourth-order valence-corrected chi connectivity index (χ4v) is 7.59. The summed E-state index contributed by atoms with van der Waals surface area (Å²) in [5, 5.41) is 15.4. The summed E-state index contributed by atoms with van der Waals surface area (Å²) < 4.78 is 0. The second kappa shape index (κ2) is 10.0. The molecule has 0 nitrogen and oxygen atoms in total. The first-order chi connectivity index (χ1) is 22.4. The van der Waals surface area contributed by atoms with Crippen LogP contribution in [0.5, 0.6) is 0 Å². The van der Waals surface area contributed by atoms with E-state index in [9.17, 15) is 0 Å². The topological polar surface area (TPSA) is 0 Å². The molecule has 0 saturated carbocycles. The van der Waals surface area contributed by atoms with Crippen molar-refractivity contribution in [2.24, 2.45) is 0 Å². The molecule has 0 heteroatoms. The zero-order valence-electron chi connectivity index (χ0n) is 26.4. The Morgan fingerprint density at radius 2 is 0.826 bits per heavy atom. The molecule has 0 unspecified atom stereocenters. The molecular weight excluding hydrogens is 553 g/mol. The summed E-state index contributed by atoms with van der Waals surface area (Å²) in [6.07, 6.45) is 0. The molecule has 218 valence electrons. The molecule has 9 aromatic rings. The van der Waals surface area contributed by atoms with Crippen LogP contribution in [-0.4, -0.2) is 0 Å². The molecule has 0 atom stereocenters. The maximum absolute atomic E-state index is 2.39. The maximum Gasteiger partial charge on any atom is -0.00139 e. The number of hydrogen-bond acceptors (Lipinski definition) is 0. The van der Waals surface area contributed by atoms with Gasteiger partial charge in [0.1, 0.15) is 0 Å². The highest BCUT2D eigenvalue weighted by atomic mass is 14.2. The Morgan fingerprint density at radius 1 is 0.326 bits per heavy atom. The van der Waals surface area contributed by atoms with E-state index in [0.717, 1.165) is 0 Å². The third-order valence-electron chi connectivity index (χ3n) is 9.94. The largest absolute Gasteiger partial charge is 0.0616 e. The zero-order chi connectivity index (χ0) is 31.0. The minimum atomic E-state index is 0.101. The summed E-state index contributed by atoms with van der Waals surface area (Å²) in [6.45, 7) is 6.87. The number of hydrogen-bond donors (Lipinski definition) is 0. The van der Waals surface area contributed by atoms with E-state index in [1.165, 1.54) is 92.5 Å². The van der Waals surface area contributed by atoms with Crippen molar-refractivity contribution >= 4 is 64.6 Å². The maximum atomic E-state index is 2.39. The molecule has 0 aliphatic carbocycles. The van der Waals surface area contributed by atoms with Crippen molar-refractivity contribution in [1.29, 1.82) is 0 Å². The number of rotatable bonds is 2. The molecule has 0 aliphatic rings. The molecule has 0 saturated heterocycles. The SMILES string of the molecule is CC(C)(C)c1ccc2c(ccc3c2ccc2c(-c4ccc5ccccc5c4)c4ccccc4c(-c4ccc5ccccc5c4)c23)c1. The van der Waals surface area contributed by atoms with Gasteiger partial charge in [-0.3, -0.25) is 0 Å². The van der Waals surface area contributed by atoms with Crippen LogP contribution in [-0.2, 0) is 5.41 Å². The van der Waals surface area contributed by atoms with Gasteiger partial charge in [0.2, 0.25) is 0 Å². The Morgan fingerprint density at radius 3 is 1.48 bits per heavy atom. The third-order valence-corrected chi connectivity index (χ3v) is 9.94. The monoisotopic (exact) mass is 586 g/mol. The zero-order valence-corrected chi connectivity index (χ0v) is 26.4. The molecular formula is C46H34. The molecule has 0 N–H and O–H groups in total. The van der Waals surface area contributed by atoms with Crippen molar-refractivity contribution in [1.82, 2.24) is 0 Å². The van der Waals surface area contributed by atoms with Gasteiger partial charge >= 0.3 is 0 Å². The lowest BCUT2D eigenvalue weighted by Crippen LogP contribution is -2.10. The Hall–Kier alpha value is -5.46. The Bertz CT molecular complexity index is 2660. The van der Waals surface area contributed by atoms with Crippen molar-refractivity contribution in [2.75, 3.05) is 0 Å². The van der Waals surface area contributed by atoms with Crippen LogP contribution in [0.4, 0.5) is 0 Å². The van der Waals surface area contributed by atoms with Gasteiger partial charge in [-0.25, -0.2) is 0 Å². The van der Waals surface area contributed by atoms with Crippen LogP contribution in [0.25, 0.3) is 86.9 Å². The minimum Gasteiger partial charge on any atom is -0.0616 e. The standard InChI is InChI=1S/C46H34/c1-46(2,3)36-21-23-37-33(28-36)20-22-41-38(37)24-25-42-43(34-18-16-29-10-4-6-12-31(29)26-34)39-14-8-9-15-40(39)44(45(41)42)35-19-17-30-11-5-7-13-32(30)27-35/h4-28H,1-3H3. The summed E-state index contributed by atoms with van der Waals surface area (Å²) in [6, 6.07) is 56.7. The molecule has 0 spiro atoms. The van der Waals surface area contributed by atoms with Crippen LogP contribution in [0.1, 0.15) is 26.3 Å². The van der Waals surface area contributed by atoms with Crippen molar-refractivity contribution < 1.29 is 0 Å². The smallest absolute Gasteiger partial charge is 0.00139 e. The molecule has 46 heavy (non-hydrogen) atoms. The van der Waals surface area contributed by atoms with Crippen LogP contribution >= 0.6 is 0 Å². The van der Waals surface area contributed by atoms with Gasteiger partial charge in [0.15, 0.2) is 0 Å². The first kappa shape index (κ1) is 26.9. The van der Waals surface area contributed by atoms with Crippen LogP contribution in [0.15, 0.2) is 152 Å². The minimum absolute atomic E-state index is 0.101. The predicted molar refractivity (Wildman–Crippen MR) is 201 cm³/mol. The third kappa shape index (κ3) is 4.14. The van der Waals surface area contributed by atoms with Gasteiger partial charge in [-0.1, -0.05) is 160 Å². The molecule has 0 fully saturated rings. The quantitative estimate of drug-likeness (QED) is 0.140. The van der Waals surface area contributed by atoms with Gasteiger partial charge < -0.3 is 0 Å². The van der Waals surface area contributed by atoms with E-state index in [1.54, 1.807) is 0 Å². The Labute approximate surface area is 269 Å². The molecule has 9 rings (SSSR count). The average Bonchev–Trinajstić information content (AvgIpc) is 3.09. The molecule has 0 radical (unpaired) electrons. The van der Waals surface area contributed by atoms with E-state index in [2.05, 4.69) is 172 Å². The van der Waals surface area contributed by atoms with Gasteiger partial charge in [0, 0.05) is 0 Å². The molecule has 0 amide bonds. The molecule has 9 aromatic carbocycles. The van der Waals surface area contributed by atoms with Crippen molar-refractivity contribution in [2.45, 2.75) is 26.2 Å². The van der Waals surface area contributed by atoms with Crippen molar-refractivity contribution in [3.05, 3.63) is 157 Å². The van der Waals surface area contributed by atoms with Gasteiger partial charge in [-0.2, -0.15) is 0 Å². The highest BCUT2D eigenvalue weighted by molar-refractivity contribution is 6.30. The van der Waals surface area contributed by atoms with E-state index in [0.29, 0.717) is 0 Å². The first-order valence-corrected chi connectivity index (χ1v) is 16.3. The molecule has 0 heterocycles. The summed E-state index contributed by atoms with van der Waals surface area (Å²) in [4.78, 5) is 0. The number of benzene rings is 9. The summed E-state index contributed by atoms with van der Waals surface area (Å²) in [7, 11) is 0. The highest BCUT2D eigenvalue weighted by Crippen LogP contribution is 2.47. The van der Waals surface area contributed by atoms with E-state index < -0.39 is 0 Å². The summed E-state index contributed by atoms with van der Waals surface area (Å²) in [5.41, 5.74) is 6.56. The lowest BCUT2D eigenvalue weighted by atomic mass is 9.82. The van der Waals surface area contributed by atoms with E-state index >= 15 is 0 Å². The molecule has 0 aliphatic heterocycles. The Balaban J connectivity index is 1.46. The highest BCUT2D eigenvalue weighted by Gasteiger charge is 2.20. The lowest BCUT2D eigenvalue weighted by Gasteiger charge is -2.21. The average molecular weight is 587 g/mol. The fourth-order valence-electron chi connectivity index (χ4n) is 7.59. The van der Waals surface area contributed by atoms with Crippen LogP contribution in [0.2, 0.25) is 0 Å².